The largest absolute Gasteiger partial charge is 0.462 e. The zero-order chi connectivity index (χ0) is 22.4. The maximum absolute atomic E-state index is 11.5. The van der Waals surface area contributed by atoms with Crippen molar-refractivity contribution in [1.82, 2.24) is 0 Å². The smallest absolute Gasteiger partial charge is 0.302 e. The molecule has 4 aliphatic carbocycles. The van der Waals surface area contributed by atoms with Gasteiger partial charge in [0, 0.05) is 13.3 Å². The fourth-order valence-electron chi connectivity index (χ4n) is 8.99. The van der Waals surface area contributed by atoms with Gasteiger partial charge in [0.25, 0.3) is 0 Å². The highest BCUT2D eigenvalue weighted by Crippen LogP contribution is 2.67. The normalized spacial score (nSPS) is 42.9. The second-order valence-corrected chi connectivity index (χ2v) is 12.8. The van der Waals surface area contributed by atoms with Gasteiger partial charge in [-0.05, 0) is 91.3 Å². The van der Waals surface area contributed by atoms with Crippen LogP contribution in [0.3, 0.4) is 0 Å². The van der Waals surface area contributed by atoms with Gasteiger partial charge in [-0.1, -0.05) is 65.5 Å². The summed E-state index contributed by atoms with van der Waals surface area (Å²) in [7, 11) is 0. The minimum Gasteiger partial charge on any atom is -0.462 e. The monoisotopic (exact) mass is 428 g/mol. The highest BCUT2D eigenvalue weighted by atomic mass is 16.5. The molecule has 0 spiro atoms. The Kier molecular flexibility index (Phi) is 6.68. The highest BCUT2D eigenvalue weighted by Gasteiger charge is 2.59. The lowest BCUT2D eigenvalue weighted by Gasteiger charge is -2.58. The van der Waals surface area contributed by atoms with Crippen LogP contribution in [0.5, 0.6) is 0 Å². The Hall–Kier alpha value is -0.790. The average Bonchev–Trinajstić information content (AvgIpc) is 3.05. The van der Waals surface area contributed by atoms with Crippen molar-refractivity contribution in [1.29, 1.82) is 0 Å². The molecule has 0 aromatic heterocycles. The zero-order valence-corrected chi connectivity index (χ0v) is 21.2. The van der Waals surface area contributed by atoms with Crippen molar-refractivity contribution in [3.63, 3.8) is 0 Å². The summed E-state index contributed by atoms with van der Waals surface area (Å²) in [5.74, 6) is 5.19. The van der Waals surface area contributed by atoms with E-state index in [1.54, 1.807) is 12.5 Å². The van der Waals surface area contributed by atoms with Gasteiger partial charge >= 0.3 is 5.97 Å². The van der Waals surface area contributed by atoms with Gasteiger partial charge in [-0.15, -0.1) is 0 Å². The van der Waals surface area contributed by atoms with Gasteiger partial charge in [0.1, 0.15) is 6.10 Å². The number of fused-ring (bicyclic) bond motifs is 5. The summed E-state index contributed by atoms with van der Waals surface area (Å²) in [4.78, 5) is 11.5. The summed E-state index contributed by atoms with van der Waals surface area (Å²) >= 11 is 0. The third kappa shape index (κ3) is 4.26. The van der Waals surface area contributed by atoms with E-state index in [-0.39, 0.29) is 12.1 Å². The Morgan fingerprint density at radius 3 is 2.55 bits per heavy atom. The van der Waals surface area contributed by atoms with Crippen LogP contribution < -0.4 is 0 Å². The van der Waals surface area contributed by atoms with Gasteiger partial charge in [0.2, 0.25) is 0 Å². The average molecular weight is 429 g/mol. The zero-order valence-electron chi connectivity index (χ0n) is 21.2. The third-order valence-electron chi connectivity index (χ3n) is 10.6. The number of ether oxygens (including phenoxy) is 1. The minimum atomic E-state index is -0.115. The molecular weight excluding hydrogens is 380 g/mol. The number of rotatable bonds is 6. The van der Waals surface area contributed by atoms with Gasteiger partial charge in [0.15, 0.2) is 0 Å². The lowest BCUT2D eigenvalue weighted by molar-refractivity contribution is -0.148. The molecule has 176 valence electrons. The molecule has 2 nitrogen and oxygen atoms in total. The molecule has 0 aliphatic heterocycles. The number of hydrogen-bond acceptors (Lipinski definition) is 2. The molecule has 4 aliphatic rings. The number of hydrogen-bond donors (Lipinski definition) is 0. The Morgan fingerprint density at radius 1 is 1.06 bits per heavy atom. The molecule has 0 bridgehead atoms. The SMILES string of the molecule is CC(=O)O[C@@H]1CC[C@]2(C)C(=CC[C@H]3[C@H]4CC[C@@H]([C@@H](C)CCCC(C)C)[C@@]4(C)CC[C@@H]32)C1. The van der Waals surface area contributed by atoms with E-state index in [0.717, 1.165) is 48.3 Å². The van der Waals surface area contributed by atoms with E-state index < -0.39 is 0 Å². The predicted octanol–water partition coefficient (Wildman–Crippen LogP) is 7.96. The van der Waals surface area contributed by atoms with Crippen molar-refractivity contribution in [2.24, 2.45) is 46.3 Å². The molecule has 4 rings (SSSR count). The molecule has 3 fully saturated rings. The van der Waals surface area contributed by atoms with Crippen molar-refractivity contribution in [3.8, 4) is 0 Å². The highest BCUT2D eigenvalue weighted by molar-refractivity contribution is 5.66. The van der Waals surface area contributed by atoms with Crippen LogP contribution in [0, 0.1) is 46.3 Å². The Labute approximate surface area is 192 Å². The molecule has 0 heterocycles. The summed E-state index contributed by atoms with van der Waals surface area (Å²) in [5.41, 5.74) is 2.53. The molecule has 8 atom stereocenters. The maximum Gasteiger partial charge on any atom is 0.302 e. The van der Waals surface area contributed by atoms with Crippen LogP contribution in [-0.2, 0) is 9.53 Å². The van der Waals surface area contributed by atoms with Gasteiger partial charge in [-0.2, -0.15) is 0 Å². The molecule has 0 N–H and O–H groups in total. The van der Waals surface area contributed by atoms with Crippen LogP contribution >= 0.6 is 0 Å². The van der Waals surface area contributed by atoms with Gasteiger partial charge < -0.3 is 4.74 Å². The number of carbonyl (C=O) groups excluding carboxylic acids is 1. The summed E-state index contributed by atoms with van der Waals surface area (Å²) in [5, 5.41) is 0. The lowest BCUT2D eigenvalue weighted by atomic mass is 9.47. The van der Waals surface area contributed by atoms with Crippen molar-refractivity contribution in [2.45, 2.75) is 118 Å². The van der Waals surface area contributed by atoms with E-state index >= 15 is 0 Å². The van der Waals surface area contributed by atoms with Gasteiger partial charge in [0.05, 0.1) is 0 Å². The quantitative estimate of drug-likeness (QED) is 0.317. The third-order valence-corrected chi connectivity index (χ3v) is 10.6. The van der Waals surface area contributed by atoms with Crippen molar-refractivity contribution in [3.05, 3.63) is 11.6 Å². The fourth-order valence-corrected chi connectivity index (χ4v) is 8.99. The molecule has 0 aromatic rings. The van der Waals surface area contributed by atoms with Crippen LogP contribution in [0.15, 0.2) is 11.6 Å². The van der Waals surface area contributed by atoms with E-state index in [1.807, 2.05) is 0 Å². The van der Waals surface area contributed by atoms with Crippen molar-refractivity contribution >= 4 is 5.97 Å². The first-order chi connectivity index (χ1) is 14.6. The van der Waals surface area contributed by atoms with Crippen LogP contribution in [0.1, 0.15) is 112 Å². The molecular formula is C29H48O2. The molecule has 3 saturated carbocycles. The minimum absolute atomic E-state index is 0.115. The van der Waals surface area contributed by atoms with Crippen LogP contribution in [0.2, 0.25) is 0 Å². The second-order valence-electron chi connectivity index (χ2n) is 12.8. The molecule has 0 unspecified atom stereocenters. The second kappa shape index (κ2) is 8.86. The van der Waals surface area contributed by atoms with E-state index in [2.05, 4.69) is 40.7 Å². The molecule has 0 saturated heterocycles. The van der Waals surface area contributed by atoms with E-state index in [1.165, 1.54) is 57.8 Å². The maximum atomic E-state index is 11.5. The molecule has 0 amide bonds. The molecule has 2 heteroatoms. The standard InChI is InChI=1S/C29H48O2/c1-19(2)8-7-9-20(3)25-12-13-26-24-11-10-22-18-23(31-21(4)30)14-16-28(22,5)27(24)15-17-29(25,26)6/h10,19-20,23-27H,7-9,11-18H2,1-6H3/t20-,23+,24-,25-,26+,27-,28+,29+/m0/s1. The Morgan fingerprint density at radius 2 is 1.84 bits per heavy atom. The van der Waals surface area contributed by atoms with Gasteiger partial charge in [-0.25, -0.2) is 0 Å². The summed E-state index contributed by atoms with van der Waals surface area (Å²) < 4.78 is 5.61. The molecule has 0 radical (unpaired) electrons. The van der Waals surface area contributed by atoms with Crippen LogP contribution in [0.4, 0.5) is 0 Å². The van der Waals surface area contributed by atoms with E-state index in [9.17, 15) is 4.79 Å². The first-order valence-corrected chi connectivity index (χ1v) is 13.5. The first-order valence-electron chi connectivity index (χ1n) is 13.5. The molecule has 31 heavy (non-hydrogen) atoms. The Bertz CT molecular complexity index is 693. The van der Waals surface area contributed by atoms with Crippen LogP contribution in [-0.4, -0.2) is 12.1 Å². The van der Waals surface area contributed by atoms with Crippen LogP contribution in [0.25, 0.3) is 0 Å². The van der Waals surface area contributed by atoms with Crippen molar-refractivity contribution in [2.75, 3.05) is 0 Å². The van der Waals surface area contributed by atoms with E-state index in [4.69, 9.17) is 4.74 Å². The number of allylic oxidation sites excluding steroid dienone is 1. The topological polar surface area (TPSA) is 26.3 Å². The van der Waals surface area contributed by atoms with E-state index in [0.29, 0.717) is 10.8 Å². The summed E-state index contributed by atoms with van der Waals surface area (Å²) in [6.45, 7) is 14.1. The Balaban J connectivity index is 1.47. The van der Waals surface area contributed by atoms with Gasteiger partial charge in [-0.3, -0.25) is 4.79 Å². The summed E-state index contributed by atoms with van der Waals surface area (Å²) in [6, 6.07) is 0. The molecule has 0 aromatic carbocycles. The lowest BCUT2D eigenvalue weighted by Crippen LogP contribution is -2.51. The van der Waals surface area contributed by atoms with Crippen molar-refractivity contribution < 1.29 is 9.53 Å². The predicted molar refractivity (Wildman–Crippen MR) is 129 cm³/mol. The summed E-state index contributed by atoms with van der Waals surface area (Å²) in [6.07, 6.45) is 17.2. The number of carbonyl (C=O) groups is 1. The number of esters is 1. The first kappa shape index (κ1) is 23.4. The fraction of sp³-hybridized carbons (Fsp3) is 0.897.